The van der Waals surface area contributed by atoms with Crippen molar-refractivity contribution >= 4 is 5.91 Å². The summed E-state index contributed by atoms with van der Waals surface area (Å²) in [5, 5.41) is 3.22. The fraction of sp³-hybridized carbons (Fsp3) is 0.900. The van der Waals surface area contributed by atoms with Gasteiger partial charge in [0.2, 0.25) is 5.91 Å². The molecule has 0 atom stereocenters. The first-order chi connectivity index (χ1) is 6.05. The number of piperidine rings is 1. The summed E-state index contributed by atoms with van der Waals surface area (Å²) in [7, 11) is 1.94. The molecule has 0 aromatic carbocycles. The molecule has 0 saturated carbocycles. The molecule has 0 radical (unpaired) electrons. The highest BCUT2D eigenvalue weighted by Gasteiger charge is 2.24. The molecule has 0 aromatic heterocycles. The maximum Gasteiger partial charge on any atom is 0.222 e. The topological polar surface area (TPSA) is 32.3 Å². The van der Waals surface area contributed by atoms with Crippen molar-refractivity contribution in [2.24, 2.45) is 0 Å². The number of carbonyl (C=O) groups excluding carboxylic acids is 1. The number of carbonyl (C=O) groups is 1. The zero-order chi connectivity index (χ0) is 9.90. The van der Waals surface area contributed by atoms with Crippen LogP contribution < -0.4 is 5.32 Å². The molecule has 76 valence electrons. The van der Waals surface area contributed by atoms with Crippen LogP contribution in [0.2, 0.25) is 0 Å². The lowest BCUT2D eigenvalue weighted by molar-refractivity contribution is -0.134. The molecule has 0 unspecified atom stereocenters. The van der Waals surface area contributed by atoms with Gasteiger partial charge in [0.25, 0.3) is 0 Å². The predicted molar refractivity (Wildman–Crippen MR) is 53.6 cm³/mol. The van der Waals surface area contributed by atoms with E-state index in [1.807, 2.05) is 11.9 Å². The van der Waals surface area contributed by atoms with E-state index in [4.69, 9.17) is 0 Å². The predicted octanol–water partition coefficient (Wildman–Crippen LogP) is 0.997. The Bertz CT molecular complexity index is 189. The van der Waals surface area contributed by atoms with E-state index in [1.54, 1.807) is 0 Å². The number of nitrogens with zero attached hydrogens (tertiary/aromatic N) is 1. The minimum Gasteiger partial charge on any atom is -0.341 e. The summed E-state index contributed by atoms with van der Waals surface area (Å²) in [5.74, 6) is 0.314. The Morgan fingerprint density at radius 3 is 2.69 bits per heavy atom. The average Bonchev–Trinajstić information content (AvgIpc) is 2.09. The summed E-state index contributed by atoms with van der Waals surface area (Å²) < 4.78 is 0. The third-order valence-electron chi connectivity index (χ3n) is 2.68. The van der Waals surface area contributed by atoms with Crippen LogP contribution in [0.4, 0.5) is 0 Å². The van der Waals surface area contributed by atoms with Crippen molar-refractivity contribution < 1.29 is 4.79 Å². The fourth-order valence-electron chi connectivity index (χ4n) is 1.59. The molecule has 0 aliphatic carbocycles. The lowest BCUT2D eigenvalue weighted by Crippen LogP contribution is -2.50. The monoisotopic (exact) mass is 184 g/mol. The molecule has 0 spiro atoms. The summed E-state index contributed by atoms with van der Waals surface area (Å²) in [6, 6.07) is 0. The zero-order valence-electron chi connectivity index (χ0n) is 8.89. The second-order valence-electron chi connectivity index (χ2n) is 4.41. The molecule has 0 bridgehead atoms. The van der Waals surface area contributed by atoms with Gasteiger partial charge in [0, 0.05) is 25.0 Å². The molecule has 1 heterocycles. The smallest absolute Gasteiger partial charge is 0.222 e. The van der Waals surface area contributed by atoms with Gasteiger partial charge in [0.1, 0.15) is 0 Å². The van der Waals surface area contributed by atoms with E-state index in [0.29, 0.717) is 5.91 Å². The van der Waals surface area contributed by atoms with Crippen LogP contribution in [0.3, 0.4) is 0 Å². The summed E-state index contributed by atoms with van der Waals surface area (Å²) in [6.07, 6.45) is 2.96. The van der Waals surface area contributed by atoms with Crippen molar-refractivity contribution in [1.82, 2.24) is 10.2 Å². The third-order valence-corrected chi connectivity index (χ3v) is 2.68. The van der Waals surface area contributed by atoms with Crippen molar-refractivity contribution in [3.8, 4) is 0 Å². The van der Waals surface area contributed by atoms with Gasteiger partial charge < -0.3 is 10.2 Å². The maximum absolute atomic E-state index is 11.5. The normalized spacial score (nSPS) is 19.3. The largest absolute Gasteiger partial charge is 0.341 e. The molecule has 0 aromatic rings. The second kappa shape index (κ2) is 4.09. The van der Waals surface area contributed by atoms with Crippen molar-refractivity contribution in [2.75, 3.05) is 20.1 Å². The third kappa shape index (κ3) is 2.99. The minimum atomic E-state index is 0.0347. The van der Waals surface area contributed by atoms with Crippen LogP contribution in [0.1, 0.15) is 33.1 Å². The summed E-state index contributed by atoms with van der Waals surface area (Å²) in [5.41, 5.74) is 0.0347. The van der Waals surface area contributed by atoms with Gasteiger partial charge in [-0.25, -0.2) is 0 Å². The van der Waals surface area contributed by atoms with Crippen LogP contribution in [-0.4, -0.2) is 36.5 Å². The van der Waals surface area contributed by atoms with Gasteiger partial charge in [0.05, 0.1) is 0 Å². The van der Waals surface area contributed by atoms with Gasteiger partial charge >= 0.3 is 0 Å². The molecule has 3 nitrogen and oxygen atoms in total. The molecule has 1 amide bonds. The van der Waals surface area contributed by atoms with Crippen LogP contribution in [0, 0.1) is 0 Å². The quantitative estimate of drug-likeness (QED) is 0.709. The van der Waals surface area contributed by atoms with Gasteiger partial charge in [-0.05, 0) is 33.7 Å². The molecule has 13 heavy (non-hydrogen) atoms. The lowest BCUT2D eigenvalue weighted by atomic mass is 10.0. The van der Waals surface area contributed by atoms with Gasteiger partial charge in [0.15, 0.2) is 0 Å². The van der Waals surface area contributed by atoms with Crippen LogP contribution in [0.15, 0.2) is 0 Å². The Hall–Kier alpha value is -0.570. The molecule has 3 heteroatoms. The van der Waals surface area contributed by atoms with Gasteiger partial charge in [-0.3, -0.25) is 4.79 Å². The first kappa shape index (κ1) is 10.5. The molecule has 1 rings (SSSR count). The van der Waals surface area contributed by atoms with Crippen molar-refractivity contribution in [1.29, 1.82) is 0 Å². The Morgan fingerprint density at radius 2 is 2.15 bits per heavy atom. The number of hydrogen-bond acceptors (Lipinski definition) is 2. The highest BCUT2D eigenvalue weighted by atomic mass is 16.2. The van der Waals surface area contributed by atoms with Crippen LogP contribution in [0.25, 0.3) is 0 Å². The molecular weight excluding hydrogens is 164 g/mol. The van der Waals surface area contributed by atoms with Crippen molar-refractivity contribution in [2.45, 2.75) is 38.6 Å². The first-order valence-corrected chi connectivity index (χ1v) is 5.02. The highest BCUT2D eigenvalue weighted by Crippen LogP contribution is 2.13. The number of amides is 1. The zero-order valence-corrected chi connectivity index (χ0v) is 8.89. The summed E-state index contributed by atoms with van der Waals surface area (Å²) in [4.78, 5) is 13.5. The first-order valence-electron chi connectivity index (χ1n) is 5.02. The van der Waals surface area contributed by atoms with Gasteiger partial charge in [-0.1, -0.05) is 0 Å². The molecule has 1 aliphatic rings. The SMILES string of the molecule is CNC(C)(C)CN1CCCCC1=O. The molecule has 1 N–H and O–H groups in total. The highest BCUT2D eigenvalue weighted by molar-refractivity contribution is 5.76. The van der Waals surface area contributed by atoms with E-state index in [0.717, 1.165) is 32.4 Å². The lowest BCUT2D eigenvalue weighted by Gasteiger charge is -2.34. The van der Waals surface area contributed by atoms with E-state index < -0.39 is 0 Å². The number of likely N-dealkylation sites (tertiary alicyclic amines) is 1. The van der Waals surface area contributed by atoms with Crippen LogP contribution >= 0.6 is 0 Å². The van der Waals surface area contributed by atoms with Crippen LogP contribution in [-0.2, 0) is 4.79 Å². The summed E-state index contributed by atoms with van der Waals surface area (Å²) >= 11 is 0. The van der Waals surface area contributed by atoms with Crippen LogP contribution in [0.5, 0.6) is 0 Å². The average molecular weight is 184 g/mol. The number of likely N-dealkylation sites (N-methyl/N-ethyl adjacent to an activating group) is 1. The fourth-order valence-corrected chi connectivity index (χ4v) is 1.59. The Balaban J connectivity index is 2.47. The van der Waals surface area contributed by atoms with E-state index in [2.05, 4.69) is 19.2 Å². The number of rotatable bonds is 3. The maximum atomic E-state index is 11.5. The Morgan fingerprint density at radius 1 is 1.46 bits per heavy atom. The van der Waals surface area contributed by atoms with E-state index in [-0.39, 0.29) is 5.54 Å². The number of nitrogens with one attached hydrogen (secondary N) is 1. The molecule has 1 aliphatic heterocycles. The van der Waals surface area contributed by atoms with Gasteiger partial charge in [-0.15, -0.1) is 0 Å². The molecular formula is C10H20N2O. The Kier molecular flexibility index (Phi) is 3.31. The van der Waals surface area contributed by atoms with Crippen molar-refractivity contribution in [3.63, 3.8) is 0 Å². The van der Waals surface area contributed by atoms with Crippen molar-refractivity contribution in [3.05, 3.63) is 0 Å². The van der Waals surface area contributed by atoms with Gasteiger partial charge in [-0.2, -0.15) is 0 Å². The van der Waals surface area contributed by atoms with E-state index in [9.17, 15) is 4.79 Å². The molecule has 1 saturated heterocycles. The minimum absolute atomic E-state index is 0.0347. The second-order valence-corrected chi connectivity index (χ2v) is 4.41. The number of hydrogen-bond donors (Lipinski definition) is 1. The molecule has 1 fully saturated rings. The standard InChI is InChI=1S/C10H20N2O/c1-10(2,11-3)8-12-7-5-4-6-9(12)13/h11H,4-8H2,1-3H3. The van der Waals surface area contributed by atoms with E-state index >= 15 is 0 Å². The van der Waals surface area contributed by atoms with E-state index in [1.165, 1.54) is 0 Å². The Labute approximate surface area is 80.5 Å². The summed E-state index contributed by atoms with van der Waals surface area (Å²) in [6.45, 7) is 6.00.